The fourth-order valence-corrected chi connectivity index (χ4v) is 2.47. The van der Waals surface area contributed by atoms with Crippen molar-refractivity contribution in [3.8, 4) is 0 Å². The van der Waals surface area contributed by atoms with Gasteiger partial charge in [-0.15, -0.1) is 0 Å². The summed E-state index contributed by atoms with van der Waals surface area (Å²) in [5.74, 6) is -0.488. The summed E-state index contributed by atoms with van der Waals surface area (Å²) in [7, 11) is 0. The predicted molar refractivity (Wildman–Crippen MR) is 68.4 cm³/mol. The summed E-state index contributed by atoms with van der Waals surface area (Å²) in [5, 5.41) is 3.28. The summed E-state index contributed by atoms with van der Waals surface area (Å²) in [6, 6.07) is 1.09. The van der Waals surface area contributed by atoms with Crippen LogP contribution in [-0.2, 0) is 6.18 Å². The van der Waals surface area contributed by atoms with Crippen molar-refractivity contribution in [2.75, 3.05) is 6.54 Å². The Kier molecular flexibility index (Phi) is 4.75. The molecule has 0 saturated carbocycles. The number of carbonyl (C=O) groups excluding carboxylic acids is 1. The molecule has 0 radical (unpaired) electrons. The lowest BCUT2D eigenvalue weighted by Crippen LogP contribution is -2.34. The molecule has 2 rings (SSSR count). The van der Waals surface area contributed by atoms with Crippen LogP contribution in [0.1, 0.15) is 48.0 Å². The Morgan fingerprint density at radius 2 is 2.20 bits per heavy atom. The van der Waals surface area contributed by atoms with Crippen molar-refractivity contribution < 1.29 is 18.0 Å². The van der Waals surface area contributed by atoms with Gasteiger partial charge in [-0.2, -0.15) is 13.2 Å². The summed E-state index contributed by atoms with van der Waals surface area (Å²) in [5.41, 5.74) is -1.22. The molecule has 1 aliphatic heterocycles. The Hall–Kier alpha value is -1.43. The van der Waals surface area contributed by atoms with E-state index in [1.54, 1.807) is 0 Å². The molecular weight excluding hydrogens is 269 g/mol. The zero-order valence-electron chi connectivity index (χ0n) is 11.0. The first kappa shape index (κ1) is 15.0. The van der Waals surface area contributed by atoms with Gasteiger partial charge >= 0.3 is 6.18 Å². The van der Waals surface area contributed by atoms with Gasteiger partial charge in [0.1, 0.15) is 0 Å². The van der Waals surface area contributed by atoms with Crippen LogP contribution in [0.5, 0.6) is 0 Å². The van der Waals surface area contributed by atoms with Crippen LogP contribution >= 0.6 is 0 Å². The lowest BCUT2D eigenvalue weighted by atomic mass is 9.96. The minimum absolute atomic E-state index is 0.117. The van der Waals surface area contributed by atoms with Gasteiger partial charge in [0, 0.05) is 30.4 Å². The Morgan fingerprint density at radius 3 is 2.85 bits per heavy atom. The second kappa shape index (κ2) is 6.35. The quantitative estimate of drug-likeness (QED) is 0.864. The Bertz CT molecular complexity index is 468. The topological polar surface area (TPSA) is 42.0 Å². The lowest BCUT2D eigenvalue weighted by molar-refractivity contribution is -0.138. The van der Waals surface area contributed by atoms with Gasteiger partial charge in [0.25, 0.3) is 0 Å². The molecular formula is C14H17F3N2O. The number of aromatic nitrogens is 1. The number of hydrogen-bond acceptors (Lipinski definition) is 3. The molecule has 0 amide bonds. The summed E-state index contributed by atoms with van der Waals surface area (Å²) in [6.07, 6.45) is 1.44. The first-order valence-corrected chi connectivity index (χ1v) is 6.76. The summed E-state index contributed by atoms with van der Waals surface area (Å²) in [6.45, 7) is 0.916. The van der Waals surface area contributed by atoms with Gasteiger partial charge in [0.15, 0.2) is 5.78 Å². The molecule has 0 aliphatic carbocycles. The molecule has 6 heteroatoms. The third-order valence-corrected chi connectivity index (χ3v) is 3.56. The molecule has 1 aromatic rings. The van der Waals surface area contributed by atoms with E-state index in [9.17, 15) is 18.0 Å². The zero-order valence-corrected chi connectivity index (χ0v) is 11.0. The van der Waals surface area contributed by atoms with Gasteiger partial charge in [-0.25, -0.2) is 0 Å². The van der Waals surface area contributed by atoms with E-state index < -0.39 is 17.5 Å². The number of Topliss-reactive ketones (excluding diaryl/α,β-unsaturated/α-hetero) is 1. The number of nitrogens with zero attached hydrogens (tertiary/aromatic N) is 1. The number of rotatable bonds is 4. The van der Waals surface area contributed by atoms with Gasteiger partial charge in [0.2, 0.25) is 0 Å². The summed E-state index contributed by atoms with van der Waals surface area (Å²) >= 11 is 0. The van der Waals surface area contributed by atoms with E-state index in [0.29, 0.717) is 6.42 Å². The van der Waals surface area contributed by atoms with Crippen molar-refractivity contribution in [2.24, 2.45) is 0 Å². The zero-order chi connectivity index (χ0) is 14.6. The van der Waals surface area contributed by atoms with E-state index in [1.807, 2.05) is 0 Å². The number of pyridine rings is 1. The highest BCUT2D eigenvalue weighted by Gasteiger charge is 2.35. The Labute approximate surface area is 115 Å². The average molecular weight is 286 g/mol. The molecule has 2 heterocycles. The molecule has 3 nitrogen and oxygen atoms in total. The van der Waals surface area contributed by atoms with Crippen LogP contribution in [0.25, 0.3) is 0 Å². The number of piperidine rings is 1. The Morgan fingerprint density at radius 1 is 1.40 bits per heavy atom. The molecule has 0 bridgehead atoms. The maximum atomic E-state index is 12.8. The largest absolute Gasteiger partial charge is 0.417 e. The van der Waals surface area contributed by atoms with E-state index >= 15 is 0 Å². The van der Waals surface area contributed by atoms with Crippen molar-refractivity contribution in [1.82, 2.24) is 10.3 Å². The van der Waals surface area contributed by atoms with Crippen LogP contribution in [0.3, 0.4) is 0 Å². The first-order valence-electron chi connectivity index (χ1n) is 6.76. The lowest BCUT2D eigenvalue weighted by Gasteiger charge is -2.23. The fourth-order valence-electron chi connectivity index (χ4n) is 2.47. The standard InChI is InChI=1S/C14H17F3N2O/c15-14(16,17)12-6-8-18-9-11(12)13(20)5-4-10-3-1-2-7-19-10/h6,8-10,19H,1-5,7H2. The van der Waals surface area contributed by atoms with Crippen LogP contribution in [0.2, 0.25) is 0 Å². The molecule has 1 aromatic heterocycles. The molecule has 1 fully saturated rings. The molecule has 1 N–H and O–H groups in total. The minimum Gasteiger partial charge on any atom is -0.314 e. The minimum atomic E-state index is -4.52. The number of halogens is 3. The second-order valence-electron chi connectivity index (χ2n) is 5.03. The number of carbonyl (C=O) groups is 1. The van der Waals surface area contributed by atoms with Crippen molar-refractivity contribution in [3.05, 3.63) is 29.6 Å². The van der Waals surface area contributed by atoms with Crippen LogP contribution in [0.15, 0.2) is 18.5 Å². The van der Waals surface area contributed by atoms with Gasteiger partial charge in [-0.3, -0.25) is 9.78 Å². The third kappa shape index (κ3) is 3.79. The van der Waals surface area contributed by atoms with Crippen LogP contribution in [0.4, 0.5) is 13.2 Å². The van der Waals surface area contributed by atoms with Crippen LogP contribution < -0.4 is 5.32 Å². The first-order chi connectivity index (χ1) is 9.48. The van der Waals surface area contributed by atoms with E-state index in [-0.39, 0.29) is 18.0 Å². The van der Waals surface area contributed by atoms with Crippen molar-refractivity contribution >= 4 is 5.78 Å². The van der Waals surface area contributed by atoms with E-state index in [4.69, 9.17) is 0 Å². The molecule has 1 saturated heterocycles. The highest BCUT2D eigenvalue weighted by Crippen LogP contribution is 2.32. The molecule has 1 atom stereocenters. The van der Waals surface area contributed by atoms with Gasteiger partial charge in [0.05, 0.1) is 5.56 Å². The number of hydrogen-bond donors (Lipinski definition) is 1. The molecule has 1 unspecified atom stereocenters. The highest BCUT2D eigenvalue weighted by molar-refractivity contribution is 5.97. The normalized spacial score (nSPS) is 19.9. The van der Waals surface area contributed by atoms with Crippen LogP contribution in [-0.4, -0.2) is 23.4 Å². The van der Waals surface area contributed by atoms with Gasteiger partial charge < -0.3 is 5.32 Å². The van der Waals surface area contributed by atoms with E-state index in [2.05, 4.69) is 10.3 Å². The van der Waals surface area contributed by atoms with E-state index in [0.717, 1.165) is 44.3 Å². The third-order valence-electron chi connectivity index (χ3n) is 3.56. The maximum Gasteiger partial charge on any atom is 0.417 e. The predicted octanol–water partition coefficient (Wildman–Crippen LogP) is 3.21. The second-order valence-corrected chi connectivity index (χ2v) is 5.03. The van der Waals surface area contributed by atoms with Gasteiger partial charge in [-0.1, -0.05) is 6.42 Å². The molecule has 20 heavy (non-hydrogen) atoms. The van der Waals surface area contributed by atoms with Crippen molar-refractivity contribution in [2.45, 2.75) is 44.3 Å². The maximum absolute atomic E-state index is 12.8. The number of alkyl halides is 3. The average Bonchev–Trinajstić information content (AvgIpc) is 2.45. The SMILES string of the molecule is O=C(CCC1CCCCN1)c1cnccc1C(F)(F)F. The number of ketones is 1. The summed E-state index contributed by atoms with van der Waals surface area (Å²) < 4.78 is 38.4. The van der Waals surface area contributed by atoms with Crippen molar-refractivity contribution in [3.63, 3.8) is 0 Å². The van der Waals surface area contributed by atoms with Gasteiger partial charge in [-0.05, 0) is 31.9 Å². The molecule has 1 aliphatic rings. The highest BCUT2D eigenvalue weighted by atomic mass is 19.4. The Balaban J connectivity index is 2.02. The summed E-state index contributed by atoms with van der Waals surface area (Å²) in [4.78, 5) is 15.6. The fraction of sp³-hybridized carbons (Fsp3) is 0.571. The van der Waals surface area contributed by atoms with Crippen molar-refractivity contribution in [1.29, 1.82) is 0 Å². The van der Waals surface area contributed by atoms with E-state index in [1.165, 1.54) is 0 Å². The molecule has 110 valence electrons. The van der Waals surface area contributed by atoms with Crippen LogP contribution in [0, 0.1) is 0 Å². The molecule has 0 spiro atoms. The monoisotopic (exact) mass is 286 g/mol. The molecule has 0 aromatic carbocycles. The number of nitrogens with one attached hydrogen (secondary N) is 1. The smallest absolute Gasteiger partial charge is 0.314 e.